The van der Waals surface area contributed by atoms with Crippen LogP contribution in [0.5, 0.6) is 0 Å². The molecule has 1 aliphatic heterocycles. The molecule has 2 fully saturated rings. The first-order chi connectivity index (χ1) is 10.2. The molecule has 4 heteroatoms. The Labute approximate surface area is 127 Å². The summed E-state index contributed by atoms with van der Waals surface area (Å²) in [5, 5.41) is 3.44. The van der Waals surface area contributed by atoms with Gasteiger partial charge in [0.2, 0.25) is 0 Å². The van der Waals surface area contributed by atoms with Gasteiger partial charge in [-0.2, -0.15) is 0 Å². The third kappa shape index (κ3) is 3.55. The second-order valence-corrected chi connectivity index (χ2v) is 6.48. The lowest BCUT2D eigenvalue weighted by atomic mass is 9.90. The Bertz CT molecular complexity index is 461. The van der Waals surface area contributed by atoms with E-state index in [1.807, 2.05) is 0 Å². The molecule has 0 bridgehead atoms. The highest BCUT2D eigenvalue weighted by molar-refractivity contribution is 5.42. The van der Waals surface area contributed by atoms with E-state index in [0.29, 0.717) is 18.2 Å². The Morgan fingerprint density at radius 3 is 3.05 bits per heavy atom. The number of nitrogens with one attached hydrogen (secondary N) is 1. The van der Waals surface area contributed by atoms with Gasteiger partial charge in [-0.1, -0.05) is 32.8 Å². The van der Waals surface area contributed by atoms with E-state index in [9.17, 15) is 0 Å². The number of ether oxygens (including phenoxy) is 1. The topological polar surface area (TPSA) is 37.4 Å². The molecule has 116 valence electrons. The number of hydrogen-bond acceptors (Lipinski definition) is 4. The van der Waals surface area contributed by atoms with Crippen LogP contribution >= 0.6 is 0 Å². The van der Waals surface area contributed by atoms with Gasteiger partial charge in [-0.05, 0) is 25.0 Å². The molecule has 1 saturated carbocycles. The van der Waals surface area contributed by atoms with Crippen molar-refractivity contribution in [1.29, 1.82) is 0 Å². The highest BCUT2D eigenvalue weighted by Gasteiger charge is 2.34. The number of aromatic nitrogens is 1. The number of hydrogen-bond donors (Lipinski definition) is 1. The SMILES string of the molecule is CC(C)NCc1cccc(N2CCOC3CCCCC32)n1. The van der Waals surface area contributed by atoms with Crippen LogP contribution in [0.1, 0.15) is 45.2 Å². The van der Waals surface area contributed by atoms with Crippen LogP contribution in [0, 0.1) is 0 Å². The van der Waals surface area contributed by atoms with Crippen LogP contribution in [-0.2, 0) is 11.3 Å². The summed E-state index contributed by atoms with van der Waals surface area (Å²) in [6.07, 6.45) is 5.47. The van der Waals surface area contributed by atoms with E-state index in [0.717, 1.165) is 31.2 Å². The summed E-state index contributed by atoms with van der Waals surface area (Å²) < 4.78 is 5.96. The molecule has 2 atom stereocenters. The van der Waals surface area contributed by atoms with Crippen molar-refractivity contribution in [2.45, 2.75) is 64.3 Å². The number of fused-ring (bicyclic) bond motifs is 1. The van der Waals surface area contributed by atoms with Crippen LogP contribution in [-0.4, -0.2) is 36.3 Å². The summed E-state index contributed by atoms with van der Waals surface area (Å²) in [7, 11) is 0. The zero-order valence-electron chi connectivity index (χ0n) is 13.2. The molecule has 1 saturated heterocycles. The minimum absolute atomic E-state index is 0.409. The number of rotatable bonds is 4. The first-order valence-electron chi connectivity index (χ1n) is 8.31. The molecule has 0 spiro atoms. The maximum atomic E-state index is 5.96. The molecule has 3 rings (SSSR count). The van der Waals surface area contributed by atoms with Gasteiger partial charge in [0.05, 0.1) is 24.4 Å². The molecule has 4 nitrogen and oxygen atoms in total. The molecule has 0 aromatic carbocycles. The average molecular weight is 289 g/mol. The number of nitrogens with zero attached hydrogens (tertiary/aromatic N) is 2. The van der Waals surface area contributed by atoms with E-state index in [-0.39, 0.29) is 0 Å². The number of pyridine rings is 1. The fourth-order valence-corrected chi connectivity index (χ4v) is 3.41. The fraction of sp³-hybridized carbons (Fsp3) is 0.706. The van der Waals surface area contributed by atoms with Gasteiger partial charge in [0.1, 0.15) is 5.82 Å². The van der Waals surface area contributed by atoms with Crippen molar-refractivity contribution < 1.29 is 4.74 Å². The van der Waals surface area contributed by atoms with Crippen molar-refractivity contribution in [3.8, 4) is 0 Å². The van der Waals surface area contributed by atoms with E-state index < -0.39 is 0 Å². The minimum Gasteiger partial charge on any atom is -0.374 e. The Morgan fingerprint density at radius 2 is 2.19 bits per heavy atom. The standard InChI is InChI=1S/C17H27N3O/c1-13(2)18-12-14-6-5-9-17(19-14)20-10-11-21-16-8-4-3-7-15(16)20/h5-6,9,13,15-16,18H,3-4,7-8,10-12H2,1-2H3. The molecule has 2 unspecified atom stereocenters. The largest absolute Gasteiger partial charge is 0.374 e. The molecule has 2 aliphatic rings. The molecule has 1 aromatic rings. The van der Waals surface area contributed by atoms with Crippen molar-refractivity contribution in [2.24, 2.45) is 0 Å². The van der Waals surface area contributed by atoms with Crippen LogP contribution in [0.25, 0.3) is 0 Å². The summed E-state index contributed by atoms with van der Waals surface area (Å²) in [4.78, 5) is 7.35. The van der Waals surface area contributed by atoms with Gasteiger partial charge < -0.3 is 15.0 Å². The molecule has 1 N–H and O–H groups in total. The van der Waals surface area contributed by atoms with E-state index in [2.05, 4.69) is 42.3 Å². The zero-order valence-corrected chi connectivity index (χ0v) is 13.2. The molecule has 0 radical (unpaired) electrons. The van der Waals surface area contributed by atoms with Gasteiger partial charge in [0.15, 0.2) is 0 Å². The van der Waals surface area contributed by atoms with E-state index in [4.69, 9.17) is 9.72 Å². The van der Waals surface area contributed by atoms with Gasteiger partial charge in [0.25, 0.3) is 0 Å². The zero-order chi connectivity index (χ0) is 14.7. The first kappa shape index (κ1) is 14.8. The van der Waals surface area contributed by atoms with Crippen LogP contribution in [0.2, 0.25) is 0 Å². The number of anilines is 1. The van der Waals surface area contributed by atoms with Crippen LogP contribution in [0.3, 0.4) is 0 Å². The van der Waals surface area contributed by atoms with Gasteiger partial charge >= 0.3 is 0 Å². The molecule has 0 amide bonds. The summed E-state index contributed by atoms with van der Waals surface area (Å²) in [5.41, 5.74) is 1.13. The molecular formula is C17H27N3O. The van der Waals surface area contributed by atoms with Crippen molar-refractivity contribution in [1.82, 2.24) is 10.3 Å². The highest BCUT2D eigenvalue weighted by Crippen LogP contribution is 2.31. The third-order valence-corrected chi connectivity index (χ3v) is 4.51. The van der Waals surface area contributed by atoms with Crippen molar-refractivity contribution in [3.63, 3.8) is 0 Å². The maximum Gasteiger partial charge on any atom is 0.129 e. The predicted octanol–water partition coefficient (Wildman–Crippen LogP) is 2.73. The van der Waals surface area contributed by atoms with Crippen LogP contribution in [0.4, 0.5) is 5.82 Å². The van der Waals surface area contributed by atoms with E-state index >= 15 is 0 Å². The van der Waals surface area contributed by atoms with Gasteiger partial charge in [-0.15, -0.1) is 0 Å². The maximum absolute atomic E-state index is 5.96. The normalized spacial score (nSPS) is 26.0. The van der Waals surface area contributed by atoms with Gasteiger partial charge in [-0.25, -0.2) is 4.98 Å². The quantitative estimate of drug-likeness (QED) is 0.925. The lowest BCUT2D eigenvalue weighted by Crippen LogP contribution is -2.53. The number of morpholine rings is 1. The van der Waals surface area contributed by atoms with Crippen LogP contribution < -0.4 is 10.2 Å². The van der Waals surface area contributed by atoms with Crippen LogP contribution in [0.15, 0.2) is 18.2 Å². The lowest BCUT2D eigenvalue weighted by Gasteiger charge is -2.44. The predicted molar refractivity (Wildman–Crippen MR) is 85.6 cm³/mol. The minimum atomic E-state index is 0.409. The molecule has 1 aromatic heterocycles. The van der Waals surface area contributed by atoms with Gasteiger partial charge in [0, 0.05) is 19.1 Å². The van der Waals surface area contributed by atoms with Crippen molar-refractivity contribution >= 4 is 5.82 Å². The fourth-order valence-electron chi connectivity index (χ4n) is 3.41. The second-order valence-electron chi connectivity index (χ2n) is 6.48. The highest BCUT2D eigenvalue weighted by atomic mass is 16.5. The summed E-state index contributed by atoms with van der Waals surface area (Å²) in [6.45, 7) is 6.97. The second kappa shape index (κ2) is 6.75. The molecule has 2 heterocycles. The monoisotopic (exact) mass is 289 g/mol. The van der Waals surface area contributed by atoms with Crippen molar-refractivity contribution in [2.75, 3.05) is 18.1 Å². The smallest absolute Gasteiger partial charge is 0.129 e. The average Bonchev–Trinajstić information content (AvgIpc) is 2.52. The van der Waals surface area contributed by atoms with E-state index in [1.165, 1.54) is 25.7 Å². The summed E-state index contributed by atoms with van der Waals surface area (Å²) in [5.74, 6) is 1.12. The summed E-state index contributed by atoms with van der Waals surface area (Å²) >= 11 is 0. The third-order valence-electron chi connectivity index (χ3n) is 4.51. The molecular weight excluding hydrogens is 262 g/mol. The Morgan fingerprint density at radius 1 is 1.33 bits per heavy atom. The Hall–Kier alpha value is -1.13. The lowest BCUT2D eigenvalue weighted by molar-refractivity contribution is -0.00899. The van der Waals surface area contributed by atoms with E-state index in [1.54, 1.807) is 0 Å². The van der Waals surface area contributed by atoms with Gasteiger partial charge in [-0.3, -0.25) is 0 Å². The Kier molecular flexibility index (Phi) is 4.76. The molecule has 1 aliphatic carbocycles. The van der Waals surface area contributed by atoms with Crippen molar-refractivity contribution in [3.05, 3.63) is 23.9 Å². The molecule has 21 heavy (non-hydrogen) atoms. The first-order valence-corrected chi connectivity index (χ1v) is 8.31. The summed E-state index contributed by atoms with van der Waals surface area (Å²) in [6, 6.07) is 7.40. The Balaban J connectivity index is 1.74.